The van der Waals surface area contributed by atoms with Crippen molar-refractivity contribution in [3.05, 3.63) is 0 Å². The molecule has 0 aromatic carbocycles. The third-order valence-corrected chi connectivity index (χ3v) is 1.60. The molecule has 0 radical (unpaired) electrons. The van der Waals surface area contributed by atoms with E-state index in [1.165, 1.54) is 0 Å². The quantitative estimate of drug-likeness (QED) is 0.451. The molecule has 0 aliphatic carbocycles. The third-order valence-electron chi connectivity index (χ3n) is 1.60. The zero-order chi connectivity index (χ0) is 9.40. The molecule has 0 heterocycles. The van der Waals surface area contributed by atoms with E-state index in [1.54, 1.807) is 6.92 Å². The molecule has 0 bridgehead atoms. The van der Waals surface area contributed by atoms with Crippen LogP contribution in [0.2, 0.25) is 0 Å². The summed E-state index contributed by atoms with van der Waals surface area (Å²) in [5.41, 5.74) is 0. The topological polar surface area (TPSA) is 43.4 Å². The van der Waals surface area contributed by atoms with Crippen LogP contribution >= 0.6 is 0 Å². The van der Waals surface area contributed by atoms with Gasteiger partial charge in [-0.1, -0.05) is 6.92 Å². The minimum atomic E-state index is -0.170. The Balaban J connectivity index is 3.46. The smallest absolute Gasteiger partial charge is 0.306 e. The standard InChI is InChI=1S/C9H16O3/c1-3-12-9(11)7-8(2)5-4-6-10/h6,8H,3-5,7H2,1-2H3. The van der Waals surface area contributed by atoms with Gasteiger partial charge in [0.2, 0.25) is 0 Å². The fourth-order valence-electron chi connectivity index (χ4n) is 0.959. The summed E-state index contributed by atoms with van der Waals surface area (Å²) in [6.45, 7) is 4.16. The number of hydrogen-bond acceptors (Lipinski definition) is 3. The van der Waals surface area contributed by atoms with Gasteiger partial charge in [-0.3, -0.25) is 4.79 Å². The second-order valence-electron chi connectivity index (χ2n) is 2.86. The monoisotopic (exact) mass is 172 g/mol. The van der Waals surface area contributed by atoms with E-state index in [0.717, 1.165) is 12.7 Å². The lowest BCUT2D eigenvalue weighted by Gasteiger charge is -2.07. The number of carbonyl (C=O) groups excluding carboxylic acids is 2. The maximum absolute atomic E-state index is 10.9. The van der Waals surface area contributed by atoms with Crippen LogP contribution in [-0.2, 0) is 14.3 Å². The highest BCUT2D eigenvalue weighted by Crippen LogP contribution is 2.09. The molecule has 0 fully saturated rings. The van der Waals surface area contributed by atoms with E-state index >= 15 is 0 Å². The average Bonchev–Trinajstić information content (AvgIpc) is 2.01. The van der Waals surface area contributed by atoms with Gasteiger partial charge in [0.1, 0.15) is 6.29 Å². The van der Waals surface area contributed by atoms with E-state index in [9.17, 15) is 9.59 Å². The SMILES string of the molecule is CCOC(=O)CC(C)CCC=O. The molecule has 1 unspecified atom stereocenters. The van der Waals surface area contributed by atoms with Gasteiger partial charge in [0, 0.05) is 12.8 Å². The van der Waals surface area contributed by atoms with Crippen LogP contribution in [-0.4, -0.2) is 18.9 Å². The van der Waals surface area contributed by atoms with Crippen LogP contribution in [0.3, 0.4) is 0 Å². The lowest BCUT2D eigenvalue weighted by atomic mass is 10.0. The Morgan fingerprint density at radius 3 is 2.75 bits per heavy atom. The van der Waals surface area contributed by atoms with Crippen molar-refractivity contribution in [3.8, 4) is 0 Å². The Hall–Kier alpha value is -0.860. The highest BCUT2D eigenvalue weighted by atomic mass is 16.5. The largest absolute Gasteiger partial charge is 0.466 e. The van der Waals surface area contributed by atoms with Crippen molar-refractivity contribution in [1.29, 1.82) is 0 Å². The number of rotatable bonds is 6. The van der Waals surface area contributed by atoms with Gasteiger partial charge in [0.05, 0.1) is 6.61 Å². The molecule has 0 aliphatic rings. The number of hydrogen-bond donors (Lipinski definition) is 0. The molecule has 0 spiro atoms. The van der Waals surface area contributed by atoms with Crippen LogP contribution in [0.1, 0.15) is 33.1 Å². The summed E-state index contributed by atoms with van der Waals surface area (Å²) >= 11 is 0. The van der Waals surface area contributed by atoms with Crippen molar-refractivity contribution in [1.82, 2.24) is 0 Å². The normalized spacial score (nSPS) is 12.2. The molecule has 0 amide bonds. The number of carbonyl (C=O) groups is 2. The van der Waals surface area contributed by atoms with Gasteiger partial charge in [-0.15, -0.1) is 0 Å². The fourth-order valence-corrected chi connectivity index (χ4v) is 0.959. The number of esters is 1. The van der Waals surface area contributed by atoms with E-state index in [-0.39, 0.29) is 11.9 Å². The summed E-state index contributed by atoms with van der Waals surface area (Å²) in [6.07, 6.45) is 2.59. The molecule has 0 saturated heterocycles. The van der Waals surface area contributed by atoms with E-state index < -0.39 is 0 Å². The Morgan fingerprint density at radius 1 is 1.58 bits per heavy atom. The molecule has 0 saturated carbocycles. The molecule has 3 heteroatoms. The molecule has 1 atom stereocenters. The van der Waals surface area contributed by atoms with Crippen molar-refractivity contribution >= 4 is 12.3 Å². The van der Waals surface area contributed by atoms with Crippen LogP contribution < -0.4 is 0 Å². The predicted octanol–water partition coefficient (Wildman–Crippen LogP) is 1.55. The molecule has 3 nitrogen and oxygen atoms in total. The van der Waals surface area contributed by atoms with Gasteiger partial charge >= 0.3 is 5.97 Å². The fraction of sp³-hybridized carbons (Fsp3) is 0.778. The maximum Gasteiger partial charge on any atom is 0.306 e. The molecular formula is C9H16O3. The van der Waals surface area contributed by atoms with Gasteiger partial charge in [-0.2, -0.15) is 0 Å². The highest BCUT2D eigenvalue weighted by molar-refractivity contribution is 5.69. The Labute approximate surface area is 73.1 Å². The molecule has 12 heavy (non-hydrogen) atoms. The van der Waals surface area contributed by atoms with Crippen LogP contribution in [0.25, 0.3) is 0 Å². The Bertz CT molecular complexity index is 143. The first-order valence-electron chi connectivity index (χ1n) is 4.30. The molecule has 0 aromatic rings. The maximum atomic E-state index is 10.9. The van der Waals surface area contributed by atoms with Crippen LogP contribution in [0, 0.1) is 5.92 Å². The second-order valence-corrected chi connectivity index (χ2v) is 2.86. The lowest BCUT2D eigenvalue weighted by Crippen LogP contribution is -2.09. The van der Waals surface area contributed by atoms with Crippen molar-refractivity contribution < 1.29 is 14.3 Å². The summed E-state index contributed by atoms with van der Waals surface area (Å²) in [7, 11) is 0. The second kappa shape index (κ2) is 6.83. The van der Waals surface area contributed by atoms with Gasteiger partial charge in [0.15, 0.2) is 0 Å². The molecular weight excluding hydrogens is 156 g/mol. The van der Waals surface area contributed by atoms with Crippen molar-refractivity contribution in [3.63, 3.8) is 0 Å². The number of aldehydes is 1. The van der Waals surface area contributed by atoms with Crippen molar-refractivity contribution in [2.75, 3.05) is 6.61 Å². The Kier molecular flexibility index (Phi) is 6.34. The van der Waals surface area contributed by atoms with Crippen LogP contribution in [0.4, 0.5) is 0 Å². The molecule has 0 aromatic heterocycles. The minimum Gasteiger partial charge on any atom is -0.466 e. The van der Waals surface area contributed by atoms with E-state index in [2.05, 4.69) is 0 Å². The van der Waals surface area contributed by atoms with Crippen molar-refractivity contribution in [2.24, 2.45) is 5.92 Å². The first kappa shape index (κ1) is 11.1. The van der Waals surface area contributed by atoms with Gasteiger partial charge in [-0.05, 0) is 19.3 Å². The van der Waals surface area contributed by atoms with E-state index in [4.69, 9.17) is 4.74 Å². The summed E-state index contributed by atoms with van der Waals surface area (Å²) in [4.78, 5) is 20.9. The van der Waals surface area contributed by atoms with E-state index in [1.807, 2.05) is 6.92 Å². The summed E-state index contributed by atoms with van der Waals surface area (Å²) < 4.78 is 4.77. The summed E-state index contributed by atoms with van der Waals surface area (Å²) in [6, 6.07) is 0. The first-order chi connectivity index (χ1) is 5.70. The first-order valence-corrected chi connectivity index (χ1v) is 4.30. The molecule has 70 valence electrons. The van der Waals surface area contributed by atoms with Crippen molar-refractivity contribution in [2.45, 2.75) is 33.1 Å². The third kappa shape index (κ3) is 5.89. The van der Waals surface area contributed by atoms with Gasteiger partial charge in [0.25, 0.3) is 0 Å². The minimum absolute atomic E-state index is 0.170. The van der Waals surface area contributed by atoms with Gasteiger partial charge in [-0.25, -0.2) is 0 Å². The van der Waals surface area contributed by atoms with Crippen LogP contribution in [0.5, 0.6) is 0 Å². The van der Waals surface area contributed by atoms with Gasteiger partial charge < -0.3 is 9.53 Å². The molecule has 0 rings (SSSR count). The zero-order valence-electron chi connectivity index (χ0n) is 7.71. The number of ether oxygens (including phenoxy) is 1. The molecule has 0 N–H and O–H groups in total. The van der Waals surface area contributed by atoms with E-state index in [0.29, 0.717) is 19.4 Å². The van der Waals surface area contributed by atoms with Crippen LogP contribution in [0.15, 0.2) is 0 Å². The zero-order valence-corrected chi connectivity index (χ0v) is 7.71. The predicted molar refractivity (Wildman–Crippen MR) is 45.7 cm³/mol. The highest BCUT2D eigenvalue weighted by Gasteiger charge is 2.08. The average molecular weight is 172 g/mol. The molecule has 0 aliphatic heterocycles. The lowest BCUT2D eigenvalue weighted by molar-refractivity contribution is -0.144. The Morgan fingerprint density at radius 2 is 2.25 bits per heavy atom. The summed E-state index contributed by atoms with van der Waals surface area (Å²) in [5, 5.41) is 0. The summed E-state index contributed by atoms with van der Waals surface area (Å²) in [5.74, 6) is 0.0742.